The first-order chi connectivity index (χ1) is 8.43. The second-order valence-electron chi connectivity index (χ2n) is 3.83. The van der Waals surface area contributed by atoms with Gasteiger partial charge in [0.25, 0.3) is 5.92 Å². The Morgan fingerprint density at radius 1 is 1.28 bits per heavy atom. The number of rotatable bonds is 5. The van der Waals surface area contributed by atoms with Crippen LogP contribution in [0.4, 0.5) is 8.78 Å². The maximum atomic E-state index is 13.5. The van der Waals surface area contributed by atoms with Gasteiger partial charge in [0.05, 0.1) is 19.8 Å². The summed E-state index contributed by atoms with van der Waals surface area (Å²) in [7, 11) is 2.74. The van der Waals surface area contributed by atoms with Crippen molar-refractivity contribution in [2.24, 2.45) is 5.73 Å². The van der Waals surface area contributed by atoms with Crippen LogP contribution in [0.25, 0.3) is 6.08 Å². The van der Waals surface area contributed by atoms with Gasteiger partial charge in [-0.25, -0.2) is 8.78 Å². The lowest BCUT2D eigenvalue weighted by Crippen LogP contribution is -2.10. The highest BCUT2D eigenvalue weighted by atomic mass is 19.3. The molecule has 3 nitrogen and oxygen atoms in total. The Morgan fingerprint density at radius 2 is 1.94 bits per heavy atom. The SMILES string of the molecule is COc1cc(/C=C/CN)cc(C(C)(F)F)c1OC. The van der Waals surface area contributed by atoms with Gasteiger partial charge in [0.15, 0.2) is 11.5 Å². The van der Waals surface area contributed by atoms with Crippen molar-refractivity contribution < 1.29 is 18.3 Å². The van der Waals surface area contributed by atoms with Gasteiger partial charge in [-0.3, -0.25) is 0 Å². The van der Waals surface area contributed by atoms with E-state index < -0.39 is 5.92 Å². The fourth-order valence-corrected chi connectivity index (χ4v) is 1.61. The molecule has 0 aliphatic heterocycles. The van der Waals surface area contributed by atoms with Gasteiger partial charge >= 0.3 is 0 Å². The van der Waals surface area contributed by atoms with E-state index in [1.54, 1.807) is 18.2 Å². The second-order valence-corrected chi connectivity index (χ2v) is 3.83. The maximum Gasteiger partial charge on any atom is 0.274 e. The molecule has 0 atom stereocenters. The van der Waals surface area contributed by atoms with Crippen molar-refractivity contribution in [2.45, 2.75) is 12.8 Å². The topological polar surface area (TPSA) is 44.5 Å². The van der Waals surface area contributed by atoms with Crippen LogP contribution in [0.5, 0.6) is 11.5 Å². The molecule has 5 heteroatoms. The van der Waals surface area contributed by atoms with E-state index >= 15 is 0 Å². The molecule has 0 saturated heterocycles. The molecule has 1 aromatic rings. The zero-order valence-electron chi connectivity index (χ0n) is 10.7. The van der Waals surface area contributed by atoms with E-state index in [1.165, 1.54) is 20.3 Å². The molecule has 0 fully saturated rings. The Labute approximate surface area is 105 Å². The minimum absolute atomic E-state index is 0.0508. The number of alkyl halides is 2. The van der Waals surface area contributed by atoms with Crippen molar-refractivity contribution in [1.29, 1.82) is 0 Å². The zero-order chi connectivity index (χ0) is 13.8. The van der Waals surface area contributed by atoms with Crippen molar-refractivity contribution in [3.63, 3.8) is 0 Å². The lowest BCUT2D eigenvalue weighted by Gasteiger charge is -2.18. The van der Waals surface area contributed by atoms with Crippen LogP contribution >= 0.6 is 0 Å². The van der Waals surface area contributed by atoms with E-state index in [9.17, 15) is 8.78 Å². The van der Waals surface area contributed by atoms with Crippen LogP contribution in [-0.2, 0) is 5.92 Å². The van der Waals surface area contributed by atoms with E-state index in [2.05, 4.69) is 0 Å². The quantitative estimate of drug-likeness (QED) is 0.882. The Hall–Kier alpha value is -1.62. The second kappa shape index (κ2) is 5.82. The summed E-state index contributed by atoms with van der Waals surface area (Å²) in [4.78, 5) is 0. The molecule has 2 N–H and O–H groups in total. The van der Waals surface area contributed by atoms with Gasteiger partial charge in [-0.2, -0.15) is 0 Å². The number of hydrogen-bond donors (Lipinski definition) is 1. The van der Waals surface area contributed by atoms with Gasteiger partial charge in [0.2, 0.25) is 0 Å². The Kier molecular flexibility index (Phi) is 4.67. The van der Waals surface area contributed by atoms with Crippen molar-refractivity contribution in [1.82, 2.24) is 0 Å². The first kappa shape index (κ1) is 14.4. The Balaban J connectivity index is 3.41. The predicted molar refractivity (Wildman–Crippen MR) is 67.2 cm³/mol. The minimum Gasteiger partial charge on any atom is -0.493 e. The molecule has 0 aliphatic carbocycles. The molecule has 0 aromatic heterocycles. The molecule has 18 heavy (non-hydrogen) atoms. The highest BCUT2D eigenvalue weighted by molar-refractivity contribution is 5.60. The number of methoxy groups -OCH3 is 2. The molecule has 0 saturated carbocycles. The third-order valence-corrected chi connectivity index (χ3v) is 2.42. The van der Waals surface area contributed by atoms with Gasteiger partial charge in [-0.15, -0.1) is 0 Å². The van der Waals surface area contributed by atoms with Gasteiger partial charge < -0.3 is 15.2 Å². The molecular weight excluding hydrogens is 240 g/mol. The summed E-state index contributed by atoms with van der Waals surface area (Å²) in [6.45, 7) is 1.16. The van der Waals surface area contributed by atoms with Gasteiger partial charge in [0, 0.05) is 13.5 Å². The summed E-state index contributed by atoms with van der Waals surface area (Å²) in [5.41, 5.74) is 5.72. The third kappa shape index (κ3) is 3.20. The molecule has 0 amide bonds. The molecule has 0 radical (unpaired) electrons. The average Bonchev–Trinajstić information content (AvgIpc) is 2.33. The largest absolute Gasteiger partial charge is 0.493 e. The van der Waals surface area contributed by atoms with Crippen LogP contribution in [0.15, 0.2) is 18.2 Å². The molecule has 0 bridgehead atoms. The van der Waals surface area contributed by atoms with Crippen LogP contribution in [0.3, 0.4) is 0 Å². The van der Waals surface area contributed by atoms with Crippen molar-refractivity contribution >= 4 is 6.08 Å². The molecule has 1 aromatic carbocycles. The van der Waals surface area contributed by atoms with E-state index in [0.29, 0.717) is 12.1 Å². The molecule has 0 unspecified atom stereocenters. The number of nitrogens with two attached hydrogens (primary N) is 1. The summed E-state index contributed by atoms with van der Waals surface area (Å²) in [5, 5.41) is 0. The average molecular weight is 257 g/mol. The fourth-order valence-electron chi connectivity index (χ4n) is 1.61. The van der Waals surface area contributed by atoms with Gasteiger partial charge in [0.1, 0.15) is 0 Å². The number of hydrogen-bond acceptors (Lipinski definition) is 3. The first-order valence-electron chi connectivity index (χ1n) is 5.45. The highest BCUT2D eigenvalue weighted by Crippen LogP contribution is 2.41. The van der Waals surface area contributed by atoms with Crippen LogP contribution in [0, 0.1) is 0 Å². The van der Waals surface area contributed by atoms with Crippen LogP contribution in [-0.4, -0.2) is 20.8 Å². The van der Waals surface area contributed by atoms with Crippen molar-refractivity contribution in [2.75, 3.05) is 20.8 Å². The van der Waals surface area contributed by atoms with E-state index in [0.717, 1.165) is 6.92 Å². The van der Waals surface area contributed by atoms with Crippen molar-refractivity contribution in [3.8, 4) is 11.5 Å². The lowest BCUT2D eigenvalue weighted by molar-refractivity contribution is 0.0147. The fraction of sp³-hybridized carbons (Fsp3) is 0.385. The molecule has 0 heterocycles. The Morgan fingerprint density at radius 3 is 2.39 bits per heavy atom. The summed E-state index contributed by atoms with van der Waals surface area (Å²) in [5.74, 6) is -2.69. The standard InChI is InChI=1S/C13H17F2NO2/c1-13(14,15)10-7-9(5-4-6-16)8-11(17-2)12(10)18-3/h4-5,7-8H,6,16H2,1-3H3/b5-4+. The van der Waals surface area contributed by atoms with Gasteiger partial charge in [-0.05, 0) is 17.7 Å². The number of benzene rings is 1. The predicted octanol–water partition coefficient (Wildman–Crippen LogP) is 2.79. The number of halogens is 2. The van der Waals surface area contributed by atoms with Crippen LogP contribution in [0.2, 0.25) is 0 Å². The molecular formula is C13H17F2NO2. The summed E-state index contributed by atoms with van der Waals surface area (Å²) >= 11 is 0. The first-order valence-corrected chi connectivity index (χ1v) is 5.45. The Bertz CT molecular complexity index is 439. The maximum absolute atomic E-state index is 13.5. The molecule has 0 spiro atoms. The zero-order valence-corrected chi connectivity index (χ0v) is 10.7. The summed E-state index contributed by atoms with van der Waals surface area (Å²) in [6.07, 6.45) is 3.34. The van der Waals surface area contributed by atoms with E-state index in [4.69, 9.17) is 15.2 Å². The number of ether oxygens (including phenoxy) is 2. The van der Waals surface area contributed by atoms with E-state index in [-0.39, 0.29) is 17.1 Å². The molecule has 100 valence electrons. The molecule has 1 rings (SSSR count). The third-order valence-electron chi connectivity index (χ3n) is 2.42. The van der Waals surface area contributed by atoms with Crippen LogP contribution in [0.1, 0.15) is 18.1 Å². The van der Waals surface area contributed by atoms with E-state index in [1.807, 2.05) is 0 Å². The van der Waals surface area contributed by atoms with Crippen molar-refractivity contribution in [3.05, 3.63) is 29.3 Å². The minimum atomic E-state index is -3.01. The van der Waals surface area contributed by atoms with Crippen LogP contribution < -0.4 is 15.2 Å². The van der Waals surface area contributed by atoms with Gasteiger partial charge in [-0.1, -0.05) is 12.2 Å². The normalized spacial score (nSPS) is 11.9. The summed E-state index contributed by atoms with van der Waals surface area (Å²) in [6, 6.07) is 2.99. The smallest absolute Gasteiger partial charge is 0.274 e. The highest BCUT2D eigenvalue weighted by Gasteiger charge is 2.30. The summed E-state index contributed by atoms with van der Waals surface area (Å²) < 4.78 is 37.1. The molecule has 0 aliphatic rings. The monoisotopic (exact) mass is 257 g/mol. The lowest BCUT2D eigenvalue weighted by atomic mass is 10.0.